The van der Waals surface area contributed by atoms with Crippen LogP contribution in [0.25, 0.3) is 10.9 Å². The number of carbonyl (C=O) groups excluding carboxylic acids is 3. The maximum atomic E-state index is 12.7. The van der Waals surface area contributed by atoms with Crippen molar-refractivity contribution in [1.82, 2.24) is 10.0 Å². The molecule has 1 aromatic carbocycles. The van der Waals surface area contributed by atoms with E-state index in [1.54, 1.807) is 0 Å². The number of esters is 1. The Morgan fingerprint density at radius 1 is 1.30 bits per heavy atom. The van der Waals surface area contributed by atoms with Gasteiger partial charge in [0, 0.05) is 23.3 Å². The Labute approximate surface area is 155 Å². The number of aromatic nitrogens is 1. The number of nitrogens with one attached hydrogen (secondary N) is 1. The molecule has 2 atom stereocenters. The van der Waals surface area contributed by atoms with E-state index in [-0.39, 0.29) is 6.42 Å². The van der Waals surface area contributed by atoms with Gasteiger partial charge in [-0.1, -0.05) is 32.0 Å². The lowest BCUT2D eigenvalue weighted by molar-refractivity contribution is -0.153. The molecule has 1 unspecified atom stereocenters. The summed E-state index contributed by atoms with van der Waals surface area (Å²) in [4.78, 5) is 42.1. The van der Waals surface area contributed by atoms with Crippen LogP contribution in [0.15, 0.2) is 24.3 Å². The normalized spacial score (nSPS) is 25.2. The highest BCUT2D eigenvalue weighted by Crippen LogP contribution is 2.54. The molecule has 1 aliphatic carbocycles. The van der Waals surface area contributed by atoms with Crippen molar-refractivity contribution in [3.63, 3.8) is 0 Å². The Kier molecular flexibility index (Phi) is 3.53. The van der Waals surface area contributed by atoms with E-state index in [1.807, 2.05) is 38.1 Å². The van der Waals surface area contributed by atoms with Gasteiger partial charge in [-0.05, 0) is 12.5 Å². The van der Waals surface area contributed by atoms with E-state index >= 15 is 0 Å². The van der Waals surface area contributed by atoms with Crippen LogP contribution in [-0.2, 0) is 24.5 Å². The number of rotatable bonds is 2. The predicted octanol–water partition coefficient (Wildman–Crippen LogP) is 1.99. The number of nitrogens with zero attached hydrogens (tertiary/aromatic N) is 1. The summed E-state index contributed by atoms with van der Waals surface area (Å²) in [5, 5.41) is 3.43. The fraction of sp³-hybridized carbons (Fsp3) is 0.421. The maximum Gasteiger partial charge on any atom is 0.408 e. The lowest BCUT2D eigenvalue weighted by atomic mass is 9.66. The van der Waals surface area contributed by atoms with Crippen molar-refractivity contribution in [1.29, 1.82) is 0 Å². The average Bonchev–Trinajstić information content (AvgIpc) is 3.09. The van der Waals surface area contributed by atoms with Crippen LogP contribution in [-0.4, -0.2) is 35.4 Å². The van der Waals surface area contributed by atoms with E-state index in [2.05, 4.69) is 5.32 Å². The molecule has 2 heterocycles. The van der Waals surface area contributed by atoms with Gasteiger partial charge in [0.15, 0.2) is 11.6 Å². The number of fused-ring (bicyclic) bond motifs is 5. The van der Waals surface area contributed by atoms with E-state index in [0.717, 1.165) is 5.39 Å². The molecule has 0 saturated carbocycles. The first-order valence-corrected chi connectivity index (χ1v) is 8.61. The first-order chi connectivity index (χ1) is 12.7. The molecular formula is C19H20N2O6. The molecule has 142 valence electrons. The molecule has 1 amide bonds. The molecule has 8 heteroatoms. The van der Waals surface area contributed by atoms with Crippen LogP contribution in [0.5, 0.6) is 0 Å². The van der Waals surface area contributed by atoms with Crippen LogP contribution < -0.4 is 10.2 Å². The third-order valence-electron chi connectivity index (χ3n) is 5.26. The van der Waals surface area contributed by atoms with Crippen molar-refractivity contribution in [2.24, 2.45) is 0 Å². The van der Waals surface area contributed by atoms with E-state index in [0.29, 0.717) is 16.8 Å². The molecule has 4 rings (SSSR count). The zero-order valence-corrected chi connectivity index (χ0v) is 15.5. The van der Waals surface area contributed by atoms with E-state index in [9.17, 15) is 14.4 Å². The minimum atomic E-state index is -1.34. The van der Waals surface area contributed by atoms with Gasteiger partial charge in [-0.2, -0.15) is 4.73 Å². The third-order valence-corrected chi connectivity index (χ3v) is 5.26. The molecule has 1 saturated heterocycles. The van der Waals surface area contributed by atoms with Crippen LogP contribution >= 0.6 is 0 Å². The minimum absolute atomic E-state index is 0.230. The largest absolute Gasteiger partial charge is 0.467 e. The van der Waals surface area contributed by atoms with Crippen LogP contribution in [0.3, 0.4) is 0 Å². The second-order valence-electron chi connectivity index (χ2n) is 7.59. The second-order valence-corrected chi connectivity index (χ2v) is 7.59. The first-order valence-electron chi connectivity index (χ1n) is 8.61. The van der Waals surface area contributed by atoms with Gasteiger partial charge in [-0.3, -0.25) is 0 Å². The van der Waals surface area contributed by atoms with E-state index in [4.69, 9.17) is 14.3 Å². The van der Waals surface area contributed by atoms with Crippen molar-refractivity contribution < 1.29 is 28.7 Å². The molecule has 2 aromatic rings. The summed E-state index contributed by atoms with van der Waals surface area (Å²) in [5.74, 6) is -1.04. The minimum Gasteiger partial charge on any atom is -0.467 e. The monoisotopic (exact) mass is 372 g/mol. The quantitative estimate of drug-likeness (QED) is 0.810. The maximum absolute atomic E-state index is 12.7. The number of carbonyl (C=O) groups is 3. The van der Waals surface area contributed by atoms with Crippen LogP contribution in [0.4, 0.5) is 4.79 Å². The average molecular weight is 372 g/mol. The number of hydrogen-bond donors (Lipinski definition) is 1. The summed E-state index contributed by atoms with van der Waals surface area (Å²) in [6.45, 7) is 5.18. The Morgan fingerprint density at radius 3 is 2.67 bits per heavy atom. The highest BCUT2D eigenvalue weighted by molar-refractivity contribution is 5.95. The zero-order valence-electron chi connectivity index (χ0n) is 15.5. The summed E-state index contributed by atoms with van der Waals surface area (Å²) in [6, 6.07) is 7.33. The molecule has 27 heavy (non-hydrogen) atoms. The highest BCUT2D eigenvalue weighted by Gasteiger charge is 2.63. The Balaban J connectivity index is 2.08. The Morgan fingerprint density at radius 2 is 2.00 bits per heavy atom. The van der Waals surface area contributed by atoms with Gasteiger partial charge in [0.1, 0.15) is 0 Å². The number of alkyl carbamates (subject to hydrolysis) is 1. The summed E-state index contributed by atoms with van der Waals surface area (Å²) < 4.78 is 12.0. The zero-order chi connectivity index (χ0) is 19.6. The van der Waals surface area contributed by atoms with E-state index in [1.165, 1.54) is 18.8 Å². The van der Waals surface area contributed by atoms with Gasteiger partial charge in [0.25, 0.3) is 0 Å². The molecule has 0 spiro atoms. The first kappa shape index (κ1) is 17.4. The number of para-hydroxylation sites is 1. The van der Waals surface area contributed by atoms with Crippen LogP contribution in [0, 0.1) is 0 Å². The number of amides is 1. The van der Waals surface area contributed by atoms with Crippen molar-refractivity contribution in [3.05, 3.63) is 35.5 Å². The van der Waals surface area contributed by atoms with Crippen molar-refractivity contribution >= 4 is 28.9 Å². The third kappa shape index (κ3) is 2.25. The summed E-state index contributed by atoms with van der Waals surface area (Å²) in [6.07, 6.45) is -1.34. The summed E-state index contributed by atoms with van der Waals surface area (Å²) in [7, 11) is 1.28. The summed E-state index contributed by atoms with van der Waals surface area (Å²) in [5.41, 5.74) is 0.0318. The molecule has 1 aromatic heterocycles. The number of methoxy groups -OCH3 is 1. The van der Waals surface area contributed by atoms with Crippen molar-refractivity contribution in [3.8, 4) is 0 Å². The van der Waals surface area contributed by atoms with Gasteiger partial charge >= 0.3 is 18.0 Å². The highest BCUT2D eigenvalue weighted by atomic mass is 16.7. The molecule has 8 nitrogen and oxygen atoms in total. The van der Waals surface area contributed by atoms with Crippen LogP contribution in [0.1, 0.15) is 44.6 Å². The molecule has 2 aliphatic rings. The van der Waals surface area contributed by atoms with Gasteiger partial charge in [-0.15, -0.1) is 0 Å². The smallest absolute Gasteiger partial charge is 0.408 e. The van der Waals surface area contributed by atoms with Gasteiger partial charge in [0.2, 0.25) is 0 Å². The van der Waals surface area contributed by atoms with Gasteiger partial charge in [0.05, 0.1) is 18.3 Å². The SMILES string of the molecule is COC(=O)[C@]12CC(C)(C)c3c(c4ccccc4n3OC(C)=O)C1OC(=O)N2. The topological polar surface area (TPSA) is 95.9 Å². The molecule has 0 bridgehead atoms. The lowest BCUT2D eigenvalue weighted by Gasteiger charge is -2.42. The molecular weight excluding hydrogens is 352 g/mol. The van der Waals surface area contributed by atoms with Crippen molar-refractivity contribution in [2.75, 3.05) is 7.11 Å². The number of benzene rings is 1. The van der Waals surface area contributed by atoms with E-state index < -0.39 is 35.1 Å². The van der Waals surface area contributed by atoms with Gasteiger partial charge in [-0.25, -0.2) is 14.4 Å². The fourth-order valence-corrected chi connectivity index (χ4v) is 4.48. The molecule has 1 N–H and O–H groups in total. The number of ether oxygens (including phenoxy) is 2. The Bertz CT molecular complexity index is 991. The molecule has 1 aliphatic heterocycles. The fourth-order valence-electron chi connectivity index (χ4n) is 4.48. The Hall–Kier alpha value is -3.03. The van der Waals surface area contributed by atoms with Crippen molar-refractivity contribution in [2.45, 2.75) is 44.2 Å². The lowest BCUT2D eigenvalue weighted by Crippen LogP contribution is -2.58. The van der Waals surface area contributed by atoms with Crippen LogP contribution in [0.2, 0.25) is 0 Å². The molecule has 0 radical (unpaired) electrons. The number of hydrogen-bond acceptors (Lipinski definition) is 6. The van der Waals surface area contributed by atoms with Gasteiger partial charge < -0.3 is 19.6 Å². The molecule has 1 fully saturated rings. The standard InChI is InChI=1S/C19H20N2O6/c1-10(22)27-21-12-8-6-5-7-11(12)13-14(21)18(2,3)9-19(16(23)25-4)15(13)26-17(24)20-19/h5-8,15H,9H2,1-4H3,(H,20,24)/t15?,19-/m0/s1. The second kappa shape index (κ2) is 5.48. The predicted molar refractivity (Wildman–Crippen MR) is 93.9 cm³/mol. The summed E-state index contributed by atoms with van der Waals surface area (Å²) >= 11 is 0.